The number of hydrogen-bond acceptors (Lipinski definition) is 4. The van der Waals surface area contributed by atoms with Crippen molar-refractivity contribution in [2.75, 3.05) is 18.4 Å². The lowest BCUT2D eigenvalue weighted by atomic mass is 9.85. The maximum atomic E-state index is 13.1. The fourth-order valence-electron chi connectivity index (χ4n) is 4.18. The standard InChI is InChI=1S/C19H30N4O2S/c1-13-4-6-16(7-5-13)23(17-8-10-22(11-9-17)15(3)24)19(25)21-18-20-12-14(2)26-18/h12-13,16-17H,4-11H2,1-3H3,(H,20,21,25)/t13-,16-. The lowest BCUT2D eigenvalue weighted by Crippen LogP contribution is -2.54. The second-order valence-electron chi connectivity index (χ2n) is 7.76. The summed E-state index contributed by atoms with van der Waals surface area (Å²) in [6.07, 6.45) is 8.00. The van der Waals surface area contributed by atoms with E-state index in [1.807, 2.05) is 11.8 Å². The van der Waals surface area contributed by atoms with Crippen molar-refractivity contribution >= 4 is 28.4 Å². The molecule has 0 bridgehead atoms. The van der Waals surface area contributed by atoms with Crippen LogP contribution in [0.4, 0.5) is 9.93 Å². The molecule has 1 N–H and O–H groups in total. The number of thiazole rings is 1. The quantitative estimate of drug-likeness (QED) is 0.868. The SMILES string of the molecule is CC(=O)N1CCC(N(C(=O)Nc2ncc(C)s2)[C@H]2CC[C@H](C)CC2)CC1. The molecule has 0 aromatic carbocycles. The summed E-state index contributed by atoms with van der Waals surface area (Å²) in [5, 5.41) is 3.69. The van der Waals surface area contributed by atoms with E-state index in [1.54, 1.807) is 13.1 Å². The van der Waals surface area contributed by atoms with Crippen molar-refractivity contribution in [3.05, 3.63) is 11.1 Å². The zero-order valence-corrected chi connectivity index (χ0v) is 16.8. The molecule has 1 saturated carbocycles. The minimum atomic E-state index is -0.0276. The number of carbonyl (C=O) groups is 2. The zero-order chi connectivity index (χ0) is 18.7. The monoisotopic (exact) mass is 378 g/mol. The molecule has 1 aliphatic carbocycles. The number of urea groups is 1. The molecular weight excluding hydrogens is 348 g/mol. The second kappa shape index (κ2) is 8.37. The number of rotatable bonds is 3. The fraction of sp³-hybridized carbons (Fsp3) is 0.737. The first kappa shape index (κ1) is 19.1. The maximum absolute atomic E-state index is 13.1. The summed E-state index contributed by atoms with van der Waals surface area (Å²) in [7, 11) is 0. The highest BCUT2D eigenvalue weighted by atomic mass is 32.1. The summed E-state index contributed by atoms with van der Waals surface area (Å²) in [6.45, 7) is 7.39. The molecule has 1 aromatic rings. The molecule has 144 valence electrons. The van der Waals surface area contributed by atoms with Crippen LogP contribution in [0.2, 0.25) is 0 Å². The number of aryl methyl sites for hydroxylation is 1. The molecule has 26 heavy (non-hydrogen) atoms. The lowest BCUT2D eigenvalue weighted by molar-refractivity contribution is -0.130. The Morgan fingerprint density at radius 1 is 1.15 bits per heavy atom. The number of piperidine rings is 1. The highest BCUT2D eigenvalue weighted by molar-refractivity contribution is 7.15. The molecule has 1 aliphatic heterocycles. The Morgan fingerprint density at radius 2 is 1.77 bits per heavy atom. The predicted octanol–water partition coefficient (Wildman–Crippen LogP) is 3.88. The van der Waals surface area contributed by atoms with Gasteiger partial charge in [-0.05, 0) is 51.4 Å². The molecule has 1 aromatic heterocycles. The Balaban J connectivity index is 1.71. The van der Waals surface area contributed by atoms with E-state index in [4.69, 9.17) is 0 Å². The Morgan fingerprint density at radius 3 is 2.31 bits per heavy atom. The molecule has 0 spiro atoms. The number of aromatic nitrogens is 1. The summed E-state index contributed by atoms with van der Waals surface area (Å²) in [4.78, 5) is 34.1. The predicted molar refractivity (Wildman–Crippen MR) is 104 cm³/mol. The molecule has 0 radical (unpaired) electrons. The van der Waals surface area contributed by atoms with E-state index in [-0.39, 0.29) is 18.0 Å². The van der Waals surface area contributed by atoms with Crippen LogP contribution in [0, 0.1) is 12.8 Å². The number of hydrogen-bond donors (Lipinski definition) is 1. The van der Waals surface area contributed by atoms with Crippen LogP contribution >= 0.6 is 11.3 Å². The van der Waals surface area contributed by atoms with Gasteiger partial charge in [0.05, 0.1) is 0 Å². The third-order valence-corrected chi connectivity index (χ3v) is 6.58. The first-order chi connectivity index (χ1) is 12.4. The van der Waals surface area contributed by atoms with Crippen molar-refractivity contribution in [3.8, 4) is 0 Å². The van der Waals surface area contributed by atoms with Crippen LogP contribution in [0.25, 0.3) is 0 Å². The van der Waals surface area contributed by atoms with Gasteiger partial charge in [0.2, 0.25) is 5.91 Å². The number of carbonyl (C=O) groups excluding carboxylic acids is 2. The van der Waals surface area contributed by atoms with Crippen LogP contribution in [0.15, 0.2) is 6.20 Å². The van der Waals surface area contributed by atoms with Crippen molar-refractivity contribution in [1.82, 2.24) is 14.8 Å². The molecule has 2 fully saturated rings. The molecule has 7 heteroatoms. The van der Waals surface area contributed by atoms with E-state index < -0.39 is 0 Å². The average molecular weight is 379 g/mol. The molecule has 3 rings (SSSR count). The average Bonchev–Trinajstić information content (AvgIpc) is 3.02. The lowest BCUT2D eigenvalue weighted by Gasteiger charge is -2.44. The molecule has 2 aliphatic rings. The number of amides is 3. The minimum absolute atomic E-state index is 0.0276. The van der Waals surface area contributed by atoms with Crippen LogP contribution < -0.4 is 5.32 Å². The van der Waals surface area contributed by atoms with Gasteiger partial charge < -0.3 is 9.80 Å². The van der Waals surface area contributed by atoms with E-state index in [2.05, 4.69) is 22.1 Å². The third-order valence-electron chi connectivity index (χ3n) is 5.75. The van der Waals surface area contributed by atoms with Gasteiger partial charge in [0.25, 0.3) is 0 Å². The number of nitrogens with zero attached hydrogens (tertiary/aromatic N) is 3. The topological polar surface area (TPSA) is 65.5 Å². The Bertz CT molecular complexity index is 631. The highest BCUT2D eigenvalue weighted by Crippen LogP contribution is 2.31. The smallest absolute Gasteiger partial charge is 0.324 e. The van der Waals surface area contributed by atoms with Gasteiger partial charge in [-0.2, -0.15) is 0 Å². The van der Waals surface area contributed by atoms with E-state index in [9.17, 15) is 9.59 Å². The summed E-state index contributed by atoms with van der Waals surface area (Å²) in [5.74, 6) is 0.876. The Kier molecular flexibility index (Phi) is 6.16. The van der Waals surface area contributed by atoms with Crippen molar-refractivity contribution < 1.29 is 9.59 Å². The van der Waals surface area contributed by atoms with Crippen LogP contribution in [0.5, 0.6) is 0 Å². The molecule has 0 atom stereocenters. The normalized spacial score (nSPS) is 24.3. The maximum Gasteiger partial charge on any atom is 0.324 e. The minimum Gasteiger partial charge on any atom is -0.343 e. The van der Waals surface area contributed by atoms with E-state index >= 15 is 0 Å². The number of likely N-dealkylation sites (tertiary alicyclic amines) is 1. The molecule has 6 nitrogen and oxygen atoms in total. The Hall–Kier alpha value is -1.63. The highest BCUT2D eigenvalue weighted by Gasteiger charge is 2.35. The van der Waals surface area contributed by atoms with Crippen LogP contribution in [0.1, 0.15) is 57.2 Å². The van der Waals surface area contributed by atoms with E-state index in [1.165, 1.54) is 24.2 Å². The van der Waals surface area contributed by atoms with Gasteiger partial charge in [-0.1, -0.05) is 6.92 Å². The molecule has 3 amide bonds. The molecular formula is C19H30N4O2S. The van der Waals surface area contributed by atoms with Crippen LogP contribution in [0.3, 0.4) is 0 Å². The van der Waals surface area contributed by atoms with E-state index in [0.717, 1.165) is 49.6 Å². The summed E-state index contributed by atoms with van der Waals surface area (Å²) in [6, 6.07) is 0.464. The van der Waals surface area contributed by atoms with E-state index in [0.29, 0.717) is 11.2 Å². The van der Waals surface area contributed by atoms with Gasteiger partial charge in [0.15, 0.2) is 5.13 Å². The fourth-order valence-corrected chi connectivity index (χ4v) is 4.83. The first-order valence-corrected chi connectivity index (χ1v) is 10.5. The molecule has 1 saturated heterocycles. The zero-order valence-electron chi connectivity index (χ0n) is 16.0. The van der Waals surface area contributed by atoms with Crippen molar-refractivity contribution in [3.63, 3.8) is 0 Å². The summed E-state index contributed by atoms with van der Waals surface area (Å²) >= 11 is 1.51. The summed E-state index contributed by atoms with van der Waals surface area (Å²) < 4.78 is 0. The van der Waals surface area contributed by atoms with Crippen molar-refractivity contribution in [2.45, 2.75) is 71.4 Å². The largest absolute Gasteiger partial charge is 0.343 e. The van der Waals surface area contributed by atoms with Crippen molar-refractivity contribution in [2.24, 2.45) is 5.92 Å². The van der Waals surface area contributed by atoms with Gasteiger partial charge in [0, 0.05) is 43.2 Å². The van der Waals surface area contributed by atoms with Gasteiger partial charge in [-0.3, -0.25) is 10.1 Å². The number of anilines is 1. The van der Waals surface area contributed by atoms with Gasteiger partial charge in [0.1, 0.15) is 0 Å². The summed E-state index contributed by atoms with van der Waals surface area (Å²) in [5.41, 5.74) is 0. The molecule has 0 unspecified atom stereocenters. The van der Waals surface area contributed by atoms with Gasteiger partial charge in [-0.15, -0.1) is 11.3 Å². The van der Waals surface area contributed by atoms with Gasteiger partial charge in [-0.25, -0.2) is 9.78 Å². The number of nitrogens with one attached hydrogen (secondary N) is 1. The third kappa shape index (κ3) is 4.55. The van der Waals surface area contributed by atoms with Crippen LogP contribution in [-0.4, -0.2) is 51.9 Å². The first-order valence-electron chi connectivity index (χ1n) is 9.71. The Labute approximate surface area is 160 Å². The van der Waals surface area contributed by atoms with Gasteiger partial charge >= 0.3 is 6.03 Å². The second-order valence-corrected chi connectivity index (χ2v) is 9.00. The van der Waals surface area contributed by atoms with Crippen molar-refractivity contribution in [1.29, 1.82) is 0 Å². The molecule has 2 heterocycles. The van der Waals surface area contributed by atoms with Crippen LogP contribution in [-0.2, 0) is 4.79 Å².